The topological polar surface area (TPSA) is 131 Å². The highest BCUT2D eigenvalue weighted by atomic mass is 35.5. The van der Waals surface area contributed by atoms with Crippen molar-refractivity contribution < 1.29 is 41.0 Å². The van der Waals surface area contributed by atoms with E-state index >= 15 is 0 Å². The number of alkyl halides is 6. The number of hydrogen-bond donors (Lipinski definition) is 3. The third kappa shape index (κ3) is 6.36. The van der Waals surface area contributed by atoms with Gasteiger partial charge in [0.15, 0.2) is 5.69 Å². The number of aromatic nitrogens is 4. The maximum absolute atomic E-state index is 14.5. The molecule has 3 aromatic rings. The molecule has 0 radical (unpaired) electrons. The number of carboxylic acids is 1. The van der Waals surface area contributed by atoms with Crippen molar-refractivity contribution in [3.8, 4) is 11.6 Å². The first-order valence-electron chi connectivity index (χ1n) is 13.6. The lowest BCUT2D eigenvalue weighted by Gasteiger charge is -2.43. The highest BCUT2D eigenvalue weighted by Crippen LogP contribution is 2.46. The molecular weight excluding hydrogens is 620 g/mol. The van der Waals surface area contributed by atoms with E-state index in [1.807, 2.05) is 11.8 Å². The predicted molar refractivity (Wildman–Crippen MR) is 147 cm³/mol. The van der Waals surface area contributed by atoms with E-state index in [9.17, 15) is 36.2 Å². The smallest absolute Gasteiger partial charge is 0.435 e. The molecule has 10 nitrogen and oxygen atoms in total. The Hall–Kier alpha value is -3.79. The number of nitrogens with two attached hydrogens (primary N) is 1. The molecule has 2 aromatic heterocycles. The molecule has 4 N–H and O–H groups in total. The summed E-state index contributed by atoms with van der Waals surface area (Å²) in [5.41, 5.74) is 3.36. The number of nitrogens with zero attached hydrogens (tertiary/aromatic N) is 5. The number of benzene rings is 1. The standard InChI is InChI=1S/C27H28ClF6N7O3/c1-2-18-25(13-16(36-18)23(42)43)6-9-40(10-7-25)20-12-21(38-24(35)37-20)44-22(27(32,33)34)15-4-3-14(28)11-17(15)41-8-5-19(39-41)26(29,30)31/h3-5,8,11-12,16,18,22,36H,2,6-7,9-10,13H2,1H3,(H,42,43)(H2,35,37,38)/t16?,18?,22-/m1/s1. The van der Waals surface area contributed by atoms with Crippen LogP contribution in [0.2, 0.25) is 5.02 Å². The predicted octanol–water partition coefficient (Wildman–Crippen LogP) is 5.41. The highest BCUT2D eigenvalue weighted by molar-refractivity contribution is 6.30. The van der Waals surface area contributed by atoms with Gasteiger partial charge in [0.1, 0.15) is 11.9 Å². The van der Waals surface area contributed by atoms with Gasteiger partial charge in [-0.3, -0.25) is 4.79 Å². The lowest BCUT2D eigenvalue weighted by molar-refractivity contribution is -0.198. The average molecular weight is 648 g/mol. The molecule has 238 valence electrons. The van der Waals surface area contributed by atoms with Gasteiger partial charge in [-0.2, -0.15) is 41.4 Å². The van der Waals surface area contributed by atoms with Gasteiger partial charge in [0.2, 0.25) is 17.9 Å². The van der Waals surface area contributed by atoms with E-state index in [0.717, 1.165) is 30.8 Å². The zero-order chi connectivity index (χ0) is 32.0. The fraction of sp³-hybridized carbons (Fsp3) is 0.481. The molecule has 1 spiro atoms. The summed E-state index contributed by atoms with van der Waals surface area (Å²) in [5, 5.41) is 16.1. The maximum atomic E-state index is 14.5. The lowest BCUT2D eigenvalue weighted by Crippen LogP contribution is -2.46. The Morgan fingerprint density at radius 1 is 1.18 bits per heavy atom. The molecule has 5 rings (SSSR count). The molecule has 0 amide bonds. The number of hydrogen-bond acceptors (Lipinski definition) is 8. The summed E-state index contributed by atoms with van der Waals surface area (Å²) >= 11 is 6.00. The van der Waals surface area contributed by atoms with E-state index in [1.165, 1.54) is 6.07 Å². The number of aliphatic carboxylic acids is 1. The van der Waals surface area contributed by atoms with Crippen molar-refractivity contribution in [2.75, 3.05) is 23.7 Å². The van der Waals surface area contributed by atoms with Gasteiger partial charge in [-0.05, 0) is 49.3 Å². The van der Waals surface area contributed by atoms with Crippen LogP contribution in [0, 0.1) is 5.41 Å². The molecule has 44 heavy (non-hydrogen) atoms. The summed E-state index contributed by atoms with van der Waals surface area (Å²) in [7, 11) is 0. The molecule has 0 bridgehead atoms. The summed E-state index contributed by atoms with van der Waals surface area (Å²) in [6, 6.07) is 4.37. The van der Waals surface area contributed by atoms with Crippen molar-refractivity contribution in [3.05, 3.63) is 52.8 Å². The largest absolute Gasteiger partial charge is 0.480 e. The van der Waals surface area contributed by atoms with Crippen LogP contribution in [0.4, 0.5) is 38.1 Å². The number of carbonyl (C=O) groups is 1. The van der Waals surface area contributed by atoms with Crippen molar-refractivity contribution in [2.45, 2.75) is 63.1 Å². The third-order valence-electron chi connectivity index (χ3n) is 8.19. The molecule has 2 fully saturated rings. The van der Waals surface area contributed by atoms with E-state index in [1.54, 1.807) is 0 Å². The number of halogens is 7. The van der Waals surface area contributed by atoms with Crippen LogP contribution in [0.25, 0.3) is 5.69 Å². The number of ether oxygens (including phenoxy) is 1. The zero-order valence-corrected chi connectivity index (χ0v) is 23.9. The summed E-state index contributed by atoms with van der Waals surface area (Å²) in [5.74, 6) is -1.55. The minimum absolute atomic E-state index is 0.00299. The van der Waals surface area contributed by atoms with Gasteiger partial charge in [0.25, 0.3) is 0 Å². The van der Waals surface area contributed by atoms with Crippen LogP contribution in [-0.2, 0) is 11.0 Å². The Bertz CT molecular complexity index is 1520. The molecule has 2 saturated heterocycles. The molecule has 2 aliphatic heterocycles. The first kappa shape index (κ1) is 31.6. The highest BCUT2D eigenvalue weighted by Gasteiger charge is 2.50. The fourth-order valence-electron chi connectivity index (χ4n) is 6.10. The number of nitrogens with one attached hydrogen (secondary N) is 1. The summed E-state index contributed by atoms with van der Waals surface area (Å²) in [6.07, 6.45) is -9.26. The molecule has 17 heteroatoms. The number of piperidine rings is 1. The second-order valence-corrected chi connectivity index (χ2v) is 11.3. The Morgan fingerprint density at radius 3 is 2.48 bits per heavy atom. The van der Waals surface area contributed by atoms with E-state index in [0.29, 0.717) is 43.1 Å². The van der Waals surface area contributed by atoms with E-state index in [2.05, 4.69) is 20.4 Å². The van der Waals surface area contributed by atoms with Gasteiger partial charge in [-0.1, -0.05) is 24.6 Å². The number of rotatable bonds is 7. The summed E-state index contributed by atoms with van der Waals surface area (Å²) < 4.78 is 88.9. The van der Waals surface area contributed by atoms with Crippen LogP contribution in [0.3, 0.4) is 0 Å². The zero-order valence-electron chi connectivity index (χ0n) is 23.2. The van der Waals surface area contributed by atoms with Crippen LogP contribution >= 0.6 is 11.6 Å². The van der Waals surface area contributed by atoms with Crippen molar-refractivity contribution >= 4 is 29.3 Å². The number of carboxylic acid groups (broad SMARTS) is 1. The van der Waals surface area contributed by atoms with Crippen molar-refractivity contribution in [1.82, 2.24) is 25.1 Å². The second kappa shape index (κ2) is 11.6. The van der Waals surface area contributed by atoms with E-state index in [-0.39, 0.29) is 33.9 Å². The van der Waals surface area contributed by atoms with E-state index in [4.69, 9.17) is 22.1 Å². The lowest BCUT2D eigenvalue weighted by atomic mass is 9.71. The normalized spacial score (nSPS) is 21.0. The Morgan fingerprint density at radius 2 is 1.89 bits per heavy atom. The molecule has 4 heterocycles. The third-order valence-corrected chi connectivity index (χ3v) is 8.42. The van der Waals surface area contributed by atoms with Crippen molar-refractivity contribution in [1.29, 1.82) is 0 Å². The van der Waals surface area contributed by atoms with Gasteiger partial charge in [-0.25, -0.2) is 4.68 Å². The van der Waals surface area contributed by atoms with Gasteiger partial charge in [0.05, 0.1) is 5.69 Å². The maximum Gasteiger partial charge on any atom is 0.435 e. The monoisotopic (exact) mass is 647 g/mol. The molecule has 2 unspecified atom stereocenters. The summed E-state index contributed by atoms with van der Waals surface area (Å²) in [6.45, 7) is 2.85. The Balaban J connectivity index is 1.42. The Labute approximate surface area is 252 Å². The molecule has 3 atom stereocenters. The minimum atomic E-state index is -5.05. The van der Waals surface area contributed by atoms with Crippen molar-refractivity contribution in [3.63, 3.8) is 0 Å². The molecule has 0 aliphatic carbocycles. The van der Waals surface area contributed by atoms with Gasteiger partial charge in [0, 0.05) is 42.0 Å². The number of anilines is 2. The molecule has 1 aromatic carbocycles. The van der Waals surface area contributed by atoms with Crippen LogP contribution in [-0.4, -0.2) is 62.2 Å². The Kier molecular flexibility index (Phi) is 8.35. The SMILES string of the molecule is CCC1NC(C(=O)O)CC12CCN(c1cc(O[C@H](c3ccc(Cl)cc3-n3ccc(C(F)(F)F)n3)C(F)(F)F)nc(N)n1)CC2. The quantitative estimate of drug-likeness (QED) is 0.288. The van der Waals surface area contributed by atoms with Crippen LogP contribution in [0.5, 0.6) is 5.88 Å². The van der Waals surface area contributed by atoms with Gasteiger partial charge in [-0.15, -0.1) is 0 Å². The second-order valence-electron chi connectivity index (χ2n) is 10.9. The molecular formula is C27H28ClF6N7O3. The van der Waals surface area contributed by atoms with Crippen LogP contribution in [0.15, 0.2) is 36.5 Å². The minimum Gasteiger partial charge on any atom is -0.480 e. The van der Waals surface area contributed by atoms with Crippen LogP contribution in [0.1, 0.15) is 50.0 Å². The molecule has 2 aliphatic rings. The van der Waals surface area contributed by atoms with Crippen LogP contribution < -0.4 is 20.7 Å². The van der Waals surface area contributed by atoms with Crippen molar-refractivity contribution in [2.24, 2.45) is 5.41 Å². The van der Waals surface area contributed by atoms with E-state index < -0.39 is 47.6 Å². The number of nitrogen functional groups attached to an aromatic ring is 1. The average Bonchev–Trinajstić information content (AvgIpc) is 3.57. The van der Waals surface area contributed by atoms with Gasteiger partial charge < -0.3 is 25.8 Å². The first-order valence-corrected chi connectivity index (χ1v) is 14.0. The first-order chi connectivity index (χ1) is 20.6. The summed E-state index contributed by atoms with van der Waals surface area (Å²) in [4.78, 5) is 21.4. The fourth-order valence-corrected chi connectivity index (χ4v) is 6.26. The molecule has 0 saturated carbocycles. The van der Waals surface area contributed by atoms with Gasteiger partial charge >= 0.3 is 18.3 Å².